The number of para-hydroxylation sites is 1. The van der Waals surface area contributed by atoms with Crippen LogP contribution in [0.25, 0.3) is 22.0 Å². The summed E-state index contributed by atoms with van der Waals surface area (Å²) < 4.78 is 6.27. The van der Waals surface area contributed by atoms with E-state index in [1.807, 2.05) is 36.4 Å². The number of halogens is 2. The molecule has 0 aliphatic rings. The molecule has 0 unspecified atom stereocenters. The van der Waals surface area contributed by atoms with Gasteiger partial charge in [-0.2, -0.15) is 0 Å². The van der Waals surface area contributed by atoms with Crippen LogP contribution >= 0.6 is 27.5 Å². The van der Waals surface area contributed by atoms with Gasteiger partial charge in [0.15, 0.2) is 0 Å². The summed E-state index contributed by atoms with van der Waals surface area (Å²) in [6.45, 7) is 0. The van der Waals surface area contributed by atoms with Crippen molar-refractivity contribution >= 4 is 44.1 Å². The van der Waals surface area contributed by atoms with Crippen molar-refractivity contribution in [2.75, 3.05) is 12.8 Å². The molecule has 0 bridgehead atoms. The molecule has 21 heavy (non-hydrogen) atoms. The van der Waals surface area contributed by atoms with Crippen molar-refractivity contribution in [1.29, 1.82) is 0 Å². The van der Waals surface area contributed by atoms with Crippen LogP contribution in [0.4, 0.5) is 5.69 Å². The van der Waals surface area contributed by atoms with Gasteiger partial charge in [-0.25, -0.2) is 4.98 Å². The molecule has 0 spiro atoms. The third kappa shape index (κ3) is 2.45. The Kier molecular flexibility index (Phi) is 3.74. The number of nitrogens with zero attached hydrogens (tertiary/aromatic N) is 1. The Morgan fingerprint density at radius 3 is 2.71 bits per heavy atom. The summed E-state index contributed by atoms with van der Waals surface area (Å²) in [5.41, 5.74) is 9.11. The number of ether oxygens (including phenoxy) is 1. The van der Waals surface area contributed by atoms with Crippen molar-refractivity contribution in [1.82, 2.24) is 4.98 Å². The fourth-order valence-electron chi connectivity index (χ4n) is 2.27. The highest BCUT2D eigenvalue weighted by atomic mass is 79.9. The van der Waals surface area contributed by atoms with Gasteiger partial charge in [-0.1, -0.05) is 45.7 Å². The van der Waals surface area contributed by atoms with Gasteiger partial charge < -0.3 is 10.5 Å². The van der Waals surface area contributed by atoms with E-state index in [1.165, 1.54) is 0 Å². The molecule has 0 atom stereocenters. The molecule has 2 aromatic carbocycles. The standard InChI is InChI=1S/C16H12BrClN2O/c1-21-16-10(8-9-4-2-3-5-13(9)20-16)14-11(17)6-7-12(18)15(14)19/h2-8H,19H2,1H3. The molecule has 0 amide bonds. The normalized spacial score (nSPS) is 10.8. The molecule has 0 fully saturated rings. The minimum absolute atomic E-state index is 0.501. The second-order valence-electron chi connectivity index (χ2n) is 4.56. The second-order valence-corrected chi connectivity index (χ2v) is 5.82. The highest BCUT2D eigenvalue weighted by Gasteiger charge is 2.16. The Balaban J connectivity index is 2.36. The van der Waals surface area contributed by atoms with E-state index in [0.717, 1.165) is 26.5 Å². The van der Waals surface area contributed by atoms with Gasteiger partial charge in [-0.05, 0) is 24.3 Å². The van der Waals surface area contributed by atoms with E-state index in [4.69, 9.17) is 22.1 Å². The smallest absolute Gasteiger partial charge is 0.221 e. The van der Waals surface area contributed by atoms with Gasteiger partial charge in [-0.3, -0.25) is 0 Å². The molecule has 0 aliphatic carbocycles. The molecule has 3 aromatic rings. The minimum atomic E-state index is 0.501. The van der Waals surface area contributed by atoms with E-state index in [0.29, 0.717) is 16.6 Å². The minimum Gasteiger partial charge on any atom is -0.481 e. The highest BCUT2D eigenvalue weighted by molar-refractivity contribution is 9.10. The summed E-state index contributed by atoms with van der Waals surface area (Å²) in [7, 11) is 1.59. The van der Waals surface area contributed by atoms with Crippen molar-refractivity contribution in [3.05, 3.63) is 52.0 Å². The number of anilines is 1. The molecule has 0 radical (unpaired) electrons. The number of hydrogen-bond acceptors (Lipinski definition) is 3. The van der Waals surface area contributed by atoms with Crippen LogP contribution in [-0.4, -0.2) is 12.1 Å². The fourth-order valence-corrected chi connectivity index (χ4v) is 2.99. The summed E-state index contributed by atoms with van der Waals surface area (Å²) in [6, 6.07) is 13.5. The van der Waals surface area contributed by atoms with Crippen molar-refractivity contribution in [3.63, 3.8) is 0 Å². The van der Waals surface area contributed by atoms with Crippen LogP contribution in [-0.2, 0) is 0 Å². The molecule has 5 heteroatoms. The van der Waals surface area contributed by atoms with Crippen LogP contribution in [0.2, 0.25) is 5.02 Å². The first-order chi connectivity index (χ1) is 10.1. The maximum atomic E-state index is 6.14. The number of fused-ring (bicyclic) bond motifs is 1. The van der Waals surface area contributed by atoms with Gasteiger partial charge >= 0.3 is 0 Å². The van der Waals surface area contributed by atoms with E-state index in [-0.39, 0.29) is 0 Å². The molecule has 106 valence electrons. The van der Waals surface area contributed by atoms with Crippen molar-refractivity contribution in [2.24, 2.45) is 0 Å². The third-order valence-electron chi connectivity index (χ3n) is 3.29. The second kappa shape index (κ2) is 5.54. The first kappa shape index (κ1) is 14.2. The van der Waals surface area contributed by atoms with Crippen LogP contribution < -0.4 is 10.5 Å². The van der Waals surface area contributed by atoms with E-state index >= 15 is 0 Å². The number of pyridine rings is 1. The molecular weight excluding hydrogens is 352 g/mol. The van der Waals surface area contributed by atoms with Crippen LogP contribution in [0.3, 0.4) is 0 Å². The van der Waals surface area contributed by atoms with E-state index in [2.05, 4.69) is 20.9 Å². The molecule has 0 saturated heterocycles. The third-order valence-corrected chi connectivity index (χ3v) is 4.28. The van der Waals surface area contributed by atoms with Crippen molar-refractivity contribution < 1.29 is 4.74 Å². The summed E-state index contributed by atoms with van der Waals surface area (Å²) in [5, 5.41) is 1.52. The van der Waals surface area contributed by atoms with E-state index in [1.54, 1.807) is 13.2 Å². The molecule has 1 heterocycles. The zero-order valence-electron chi connectivity index (χ0n) is 11.2. The summed E-state index contributed by atoms with van der Waals surface area (Å²) in [5.74, 6) is 0.517. The Labute approximate surface area is 135 Å². The predicted molar refractivity (Wildman–Crippen MR) is 90.9 cm³/mol. The van der Waals surface area contributed by atoms with Gasteiger partial charge in [0.05, 0.1) is 23.3 Å². The Hall–Kier alpha value is -1.78. The monoisotopic (exact) mass is 362 g/mol. The lowest BCUT2D eigenvalue weighted by Crippen LogP contribution is -1.97. The molecule has 0 aliphatic heterocycles. The number of hydrogen-bond donors (Lipinski definition) is 1. The zero-order valence-corrected chi connectivity index (χ0v) is 13.6. The summed E-state index contributed by atoms with van der Waals surface area (Å²) in [6.07, 6.45) is 0. The van der Waals surface area contributed by atoms with Gasteiger partial charge in [-0.15, -0.1) is 0 Å². The first-order valence-electron chi connectivity index (χ1n) is 6.29. The zero-order chi connectivity index (χ0) is 15.0. The first-order valence-corrected chi connectivity index (χ1v) is 7.46. The van der Waals surface area contributed by atoms with Crippen molar-refractivity contribution in [2.45, 2.75) is 0 Å². The average Bonchev–Trinajstić information content (AvgIpc) is 2.50. The number of nitrogens with two attached hydrogens (primary N) is 1. The Morgan fingerprint density at radius 2 is 1.95 bits per heavy atom. The predicted octanol–water partition coefficient (Wildman–Crippen LogP) is 4.91. The van der Waals surface area contributed by atoms with E-state index < -0.39 is 0 Å². The SMILES string of the molecule is COc1nc2ccccc2cc1-c1c(Br)ccc(Cl)c1N. The maximum absolute atomic E-state index is 6.14. The summed E-state index contributed by atoms with van der Waals surface area (Å²) >= 11 is 9.67. The van der Waals surface area contributed by atoms with Crippen LogP contribution in [0.15, 0.2) is 46.9 Å². The number of benzene rings is 2. The average molecular weight is 364 g/mol. The molecule has 1 aromatic heterocycles. The lowest BCUT2D eigenvalue weighted by molar-refractivity contribution is 0.401. The number of methoxy groups -OCH3 is 1. The van der Waals surface area contributed by atoms with E-state index in [9.17, 15) is 0 Å². The number of aromatic nitrogens is 1. The lowest BCUT2D eigenvalue weighted by Gasteiger charge is -2.14. The van der Waals surface area contributed by atoms with Crippen LogP contribution in [0.1, 0.15) is 0 Å². The van der Waals surface area contributed by atoms with Gasteiger partial charge in [0.1, 0.15) is 0 Å². The molecule has 0 saturated carbocycles. The summed E-state index contributed by atoms with van der Waals surface area (Å²) in [4.78, 5) is 4.54. The topological polar surface area (TPSA) is 48.1 Å². The highest BCUT2D eigenvalue weighted by Crippen LogP contribution is 2.42. The van der Waals surface area contributed by atoms with Crippen LogP contribution in [0, 0.1) is 0 Å². The molecular formula is C16H12BrClN2O. The largest absolute Gasteiger partial charge is 0.481 e. The van der Waals surface area contributed by atoms with Crippen LogP contribution in [0.5, 0.6) is 5.88 Å². The Morgan fingerprint density at radius 1 is 1.19 bits per heavy atom. The van der Waals surface area contributed by atoms with Gasteiger partial charge in [0.25, 0.3) is 0 Å². The molecule has 3 nitrogen and oxygen atoms in total. The fraction of sp³-hybridized carbons (Fsp3) is 0.0625. The van der Waals surface area contributed by atoms with Gasteiger partial charge in [0, 0.05) is 21.0 Å². The van der Waals surface area contributed by atoms with Gasteiger partial charge in [0.2, 0.25) is 5.88 Å². The lowest BCUT2D eigenvalue weighted by atomic mass is 10.0. The molecule has 3 rings (SSSR count). The quantitative estimate of drug-likeness (QED) is 0.658. The Bertz CT molecular complexity index is 836. The van der Waals surface area contributed by atoms with Crippen molar-refractivity contribution in [3.8, 4) is 17.0 Å². The number of rotatable bonds is 2. The number of nitrogen functional groups attached to an aromatic ring is 1. The maximum Gasteiger partial charge on any atom is 0.221 e. The molecule has 2 N–H and O–H groups in total.